The van der Waals surface area contributed by atoms with Gasteiger partial charge in [-0.1, -0.05) is 6.07 Å². The van der Waals surface area contributed by atoms with E-state index in [1.807, 2.05) is 23.6 Å². The molecule has 4 heterocycles. The average molecular weight is 445 g/mol. The van der Waals surface area contributed by atoms with E-state index in [0.717, 1.165) is 16.9 Å². The number of anilines is 1. The standard InChI is InChI=1S/C20H20N4O4S2/c1-30(26,27)24-9-7-13-11-14(4-5-16(13)24)20(25)23-8-6-15(12-23)18-21-22-19(28-18)17-3-2-10-29-17/h2-5,10-11,15H,6-9,12H2,1H3/t15-/m1/s1. The lowest BCUT2D eigenvalue weighted by atomic mass is 10.1. The van der Waals surface area contributed by atoms with Crippen LogP contribution in [0.25, 0.3) is 10.8 Å². The smallest absolute Gasteiger partial charge is 0.257 e. The summed E-state index contributed by atoms with van der Waals surface area (Å²) in [6, 6.07) is 9.13. The number of fused-ring (bicyclic) bond motifs is 1. The lowest BCUT2D eigenvalue weighted by Crippen LogP contribution is -2.29. The summed E-state index contributed by atoms with van der Waals surface area (Å²) in [5.74, 6) is 1.03. The minimum absolute atomic E-state index is 0.0188. The van der Waals surface area contributed by atoms with Crippen LogP contribution in [0.4, 0.5) is 5.69 Å². The van der Waals surface area contributed by atoms with Crippen molar-refractivity contribution in [2.75, 3.05) is 30.2 Å². The van der Waals surface area contributed by atoms with Crippen molar-refractivity contribution >= 4 is 33.0 Å². The Balaban J connectivity index is 1.30. The van der Waals surface area contributed by atoms with E-state index in [9.17, 15) is 13.2 Å². The van der Waals surface area contributed by atoms with E-state index in [2.05, 4.69) is 10.2 Å². The first-order chi connectivity index (χ1) is 14.4. The molecule has 156 valence electrons. The predicted molar refractivity (Wildman–Crippen MR) is 113 cm³/mol. The fraction of sp³-hybridized carbons (Fsp3) is 0.350. The zero-order valence-corrected chi connectivity index (χ0v) is 17.9. The number of likely N-dealkylation sites (tertiary alicyclic amines) is 1. The van der Waals surface area contributed by atoms with Gasteiger partial charge in [0.1, 0.15) is 0 Å². The number of carbonyl (C=O) groups is 1. The number of carbonyl (C=O) groups excluding carboxylic acids is 1. The van der Waals surface area contributed by atoms with Crippen LogP contribution in [0.1, 0.15) is 34.2 Å². The summed E-state index contributed by atoms with van der Waals surface area (Å²) in [4.78, 5) is 15.8. The van der Waals surface area contributed by atoms with E-state index in [0.29, 0.717) is 49.1 Å². The summed E-state index contributed by atoms with van der Waals surface area (Å²) >= 11 is 1.54. The van der Waals surface area contributed by atoms with Gasteiger partial charge >= 0.3 is 0 Å². The number of thiophene rings is 1. The number of nitrogens with zero attached hydrogens (tertiary/aromatic N) is 4. The van der Waals surface area contributed by atoms with Crippen molar-refractivity contribution < 1.29 is 17.6 Å². The molecule has 10 heteroatoms. The Bertz CT molecular complexity index is 1200. The van der Waals surface area contributed by atoms with Gasteiger partial charge in [0, 0.05) is 25.2 Å². The predicted octanol–water partition coefficient (Wildman–Crippen LogP) is 2.75. The molecule has 0 N–H and O–H groups in total. The molecule has 0 unspecified atom stereocenters. The minimum Gasteiger partial charge on any atom is -0.420 e. The fourth-order valence-corrected chi connectivity index (χ4v) is 5.68. The Kier molecular flexibility index (Phi) is 4.62. The maximum Gasteiger partial charge on any atom is 0.257 e. The quantitative estimate of drug-likeness (QED) is 0.614. The molecule has 0 saturated carbocycles. The molecule has 1 saturated heterocycles. The van der Waals surface area contributed by atoms with Gasteiger partial charge in [0.25, 0.3) is 11.8 Å². The maximum atomic E-state index is 13.0. The Morgan fingerprint density at radius 2 is 2.10 bits per heavy atom. The molecule has 1 amide bonds. The third kappa shape index (κ3) is 3.39. The second-order valence-corrected chi connectivity index (χ2v) is 10.4. The van der Waals surface area contributed by atoms with E-state index in [1.165, 1.54) is 10.6 Å². The average Bonchev–Trinajstić information content (AvgIpc) is 3.51. The summed E-state index contributed by atoms with van der Waals surface area (Å²) in [5.41, 5.74) is 2.13. The first kappa shape index (κ1) is 19.3. The van der Waals surface area contributed by atoms with Gasteiger partial charge in [-0.05, 0) is 48.1 Å². The lowest BCUT2D eigenvalue weighted by Gasteiger charge is -2.18. The molecule has 1 fully saturated rings. The van der Waals surface area contributed by atoms with Crippen LogP contribution < -0.4 is 4.31 Å². The SMILES string of the molecule is CS(=O)(=O)N1CCc2cc(C(=O)N3CC[C@@H](c4nnc(-c5cccs5)o4)C3)ccc21. The minimum atomic E-state index is -3.30. The third-order valence-electron chi connectivity index (χ3n) is 5.58. The van der Waals surface area contributed by atoms with Crippen LogP contribution in [0.15, 0.2) is 40.1 Å². The van der Waals surface area contributed by atoms with E-state index in [4.69, 9.17) is 4.42 Å². The van der Waals surface area contributed by atoms with E-state index >= 15 is 0 Å². The van der Waals surface area contributed by atoms with Crippen molar-refractivity contribution in [3.8, 4) is 10.8 Å². The van der Waals surface area contributed by atoms with Crippen molar-refractivity contribution in [1.29, 1.82) is 0 Å². The van der Waals surface area contributed by atoms with Crippen molar-refractivity contribution in [2.45, 2.75) is 18.8 Å². The normalized spacial score (nSPS) is 18.8. The van der Waals surface area contributed by atoms with Gasteiger partial charge in [0.05, 0.1) is 22.7 Å². The summed E-state index contributed by atoms with van der Waals surface area (Å²) in [6.45, 7) is 1.56. The number of aromatic nitrogens is 2. The molecule has 0 bridgehead atoms. The first-order valence-corrected chi connectivity index (χ1v) is 12.4. The molecule has 2 aliphatic heterocycles. The highest BCUT2D eigenvalue weighted by molar-refractivity contribution is 7.92. The molecule has 0 spiro atoms. The Morgan fingerprint density at radius 1 is 1.23 bits per heavy atom. The molecular formula is C20H20N4O4S2. The number of hydrogen-bond donors (Lipinski definition) is 0. The molecular weight excluding hydrogens is 424 g/mol. The van der Waals surface area contributed by atoms with Crippen molar-refractivity contribution in [2.24, 2.45) is 0 Å². The number of benzene rings is 1. The maximum absolute atomic E-state index is 13.0. The summed E-state index contributed by atoms with van der Waals surface area (Å²) in [6.07, 6.45) is 2.58. The molecule has 30 heavy (non-hydrogen) atoms. The van der Waals surface area contributed by atoms with Gasteiger partial charge in [-0.2, -0.15) is 0 Å². The number of sulfonamides is 1. The van der Waals surface area contributed by atoms with Crippen LogP contribution in [0.3, 0.4) is 0 Å². The first-order valence-electron chi connectivity index (χ1n) is 9.67. The van der Waals surface area contributed by atoms with Crippen LogP contribution >= 0.6 is 11.3 Å². The molecule has 2 aliphatic rings. The highest BCUT2D eigenvalue weighted by atomic mass is 32.2. The zero-order chi connectivity index (χ0) is 20.9. The molecule has 0 aliphatic carbocycles. The van der Waals surface area contributed by atoms with Crippen LogP contribution in [0.5, 0.6) is 0 Å². The Labute approximate surface area is 178 Å². The lowest BCUT2D eigenvalue weighted by molar-refractivity contribution is 0.0790. The van der Waals surface area contributed by atoms with E-state index in [1.54, 1.807) is 28.4 Å². The number of amides is 1. The van der Waals surface area contributed by atoms with Crippen LogP contribution in [-0.4, -0.2) is 55.3 Å². The third-order valence-corrected chi connectivity index (χ3v) is 7.61. The Morgan fingerprint density at radius 3 is 2.87 bits per heavy atom. The van der Waals surface area contributed by atoms with Crippen molar-refractivity contribution in [3.63, 3.8) is 0 Å². The van der Waals surface area contributed by atoms with Crippen LogP contribution in [-0.2, 0) is 16.4 Å². The highest BCUT2D eigenvalue weighted by Crippen LogP contribution is 2.33. The van der Waals surface area contributed by atoms with E-state index in [-0.39, 0.29) is 11.8 Å². The molecule has 1 atom stereocenters. The topological polar surface area (TPSA) is 96.6 Å². The van der Waals surface area contributed by atoms with Gasteiger partial charge in [0.2, 0.25) is 15.9 Å². The highest BCUT2D eigenvalue weighted by Gasteiger charge is 2.33. The van der Waals surface area contributed by atoms with Gasteiger partial charge in [0.15, 0.2) is 0 Å². The molecule has 5 rings (SSSR count). The van der Waals surface area contributed by atoms with Crippen molar-refractivity contribution in [1.82, 2.24) is 15.1 Å². The number of hydrogen-bond acceptors (Lipinski definition) is 7. The summed E-state index contributed by atoms with van der Waals surface area (Å²) in [7, 11) is -3.30. The largest absolute Gasteiger partial charge is 0.420 e. The van der Waals surface area contributed by atoms with Gasteiger partial charge < -0.3 is 9.32 Å². The second-order valence-electron chi connectivity index (χ2n) is 7.59. The van der Waals surface area contributed by atoms with Gasteiger partial charge in [-0.3, -0.25) is 9.10 Å². The van der Waals surface area contributed by atoms with Crippen LogP contribution in [0, 0.1) is 0 Å². The molecule has 2 aromatic heterocycles. The molecule has 1 aromatic carbocycles. The second kappa shape index (κ2) is 7.21. The fourth-order valence-electron chi connectivity index (χ4n) is 4.08. The zero-order valence-electron chi connectivity index (χ0n) is 16.3. The van der Waals surface area contributed by atoms with Crippen molar-refractivity contribution in [3.05, 3.63) is 52.7 Å². The van der Waals surface area contributed by atoms with Crippen LogP contribution in [0.2, 0.25) is 0 Å². The van der Waals surface area contributed by atoms with E-state index < -0.39 is 10.0 Å². The van der Waals surface area contributed by atoms with Gasteiger partial charge in [-0.15, -0.1) is 21.5 Å². The summed E-state index contributed by atoms with van der Waals surface area (Å²) < 4.78 is 31.0. The monoisotopic (exact) mass is 444 g/mol. The summed E-state index contributed by atoms with van der Waals surface area (Å²) in [5, 5.41) is 10.3. The molecule has 3 aromatic rings. The molecule has 0 radical (unpaired) electrons. The van der Waals surface area contributed by atoms with Gasteiger partial charge in [-0.25, -0.2) is 8.42 Å². The molecule has 8 nitrogen and oxygen atoms in total. The Hall–Kier alpha value is -2.72. The number of rotatable bonds is 4.